The molecule has 1 aromatic heterocycles. The molecule has 3 rings (SSSR count). The molecule has 0 spiro atoms. The molecule has 1 aromatic carbocycles. The number of methoxy groups -OCH3 is 1. The predicted molar refractivity (Wildman–Crippen MR) is 122 cm³/mol. The molecule has 6 heteroatoms. The number of para-hydroxylation sites is 1. The van der Waals surface area contributed by atoms with E-state index in [4.69, 9.17) is 4.74 Å². The second-order valence-corrected chi connectivity index (χ2v) is 7.86. The van der Waals surface area contributed by atoms with Gasteiger partial charge in [-0.2, -0.15) is 0 Å². The molecule has 1 saturated heterocycles. The van der Waals surface area contributed by atoms with E-state index < -0.39 is 0 Å². The first kappa shape index (κ1) is 21.7. The number of piperidine rings is 1. The van der Waals surface area contributed by atoms with E-state index in [2.05, 4.69) is 56.8 Å². The molecule has 0 radical (unpaired) electrons. The molecule has 0 unspecified atom stereocenters. The number of H-pyrrole nitrogens is 1. The number of fused-ring (bicyclic) bond motifs is 1. The molecular formula is C23H37N5O. The van der Waals surface area contributed by atoms with Gasteiger partial charge in [-0.15, -0.1) is 0 Å². The van der Waals surface area contributed by atoms with Gasteiger partial charge in [-0.05, 0) is 43.2 Å². The molecule has 29 heavy (non-hydrogen) atoms. The number of benzene rings is 1. The topological polar surface area (TPSA) is 64.7 Å². The summed E-state index contributed by atoms with van der Waals surface area (Å²) < 4.78 is 5.16. The number of aromatic nitrogens is 1. The monoisotopic (exact) mass is 399 g/mol. The van der Waals surface area contributed by atoms with Gasteiger partial charge in [0.2, 0.25) is 0 Å². The number of ether oxygens (including phenoxy) is 1. The van der Waals surface area contributed by atoms with Gasteiger partial charge in [-0.3, -0.25) is 4.99 Å². The van der Waals surface area contributed by atoms with Gasteiger partial charge in [0.25, 0.3) is 0 Å². The minimum absolute atomic E-state index is 0.500. The number of aryl methyl sites for hydroxylation is 1. The number of nitrogens with one attached hydrogen (secondary N) is 3. The number of hydrogen-bond donors (Lipinski definition) is 3. The molecule has 0 atom stereocenters. The summed E-state index contributed by atoms with van der Waals surface area (Å²) in [7, 11) is 3.63. The zero-order chi connectivity index (χ0) is 20.5. The highest BCUT2D eigenvalue weighted by molar-refractivity contribution is 5.86. The molecule has 6 nitrogen and oxygen atoms in total. The van der Waals surface area contributed by atoms with Crippen LogP contribution >= 0.6 is 0 Å². The maximum Gasteiger partial charge on any atom is 0.191 e. The maximum atomic E-state index is 5.16. The lowest BCUT2D eigenvalue weighted by atomic mass is 10.0. The second kappa shape index (κ2) is 11.2. The SMILES string of the molecule is CCc1cccc2c(CCNC(=NC)NC3CCN(CCCOC)CC3)c[nH]c12. The summed E-state index contributed by atoms with van der Waals surface area (Å²) in [6, 6.07) is 7.08. The van der Waals surface area contributed by atoms with Crippen molar-refractivity contribution >= 4 is 16.9 Å². The van der Waals surface area contributed by atoms with Crippen molar-refractivity contribution in [3.05, 3.63) is 35.5 Å². The van der Waals surface area contributed by atoms with Crippen LogP contribution in [0.15, 0.2) is 29.4 Å². The fraction of sp³-hybridized carbons (Fsp3) is 0.609. The Balaban J connectivity index is 1.42. The average Bonchev–Trinajstić information content (AvgIpc) is 3.17. The summed E-state index contributed by atoms with van der Waals surface area (Å²) in [6.45, 7) is 7.36. The predicted octanol–water partition coefficient (Wildman–Crippen LogP) is 2.94. The molecular weight excluding hydrogens is 362 g/mol. The van der Waals surface area contributed by atoms with E-state index in [-0.39, 0.29) is 0 Å². The minimum Gasteiger partial charge on any atom is -0.385 e. The van der Waals surface area contributed by atoms with Crippen molar-refractivity contribution in [3.63, 3.8) is 0 Å². The fourth-order valence-corrected chi connectivity index (χ4v) is 4.21. The van der Waals surface area contributed by atoms with E-state index in [1.807, 2.05) is 7.05 Å². The number of aliphatic imine (C=N–C) groups is 1. The highest BCUT2D eigenvalue weighted by Gasteiger charge is 2.19. The van der Waals surface area contributed by atoms with Gasteiger partial charge >= 0.3 is 0 Å². The molecule has 2 heterocycles. The molecule has 2 aromatic rings. The van der Waals surface area contributed by atoms with E-state index in [9.17, 15) is 0 Å². The van der Waals surface area contributed by atoms with Crippen LogP contribution in [0.2, 0.25) is 0 Å². The van der Waals surface area contributed by atoms with E-state index >= 15 is 0 Å². The zero-order valence-corrected chi connectivity index (χ0v) is 18.3. The number of rotatable bonds is 9. The van der Waals surface area contributed by atoms with Crippen LogP contribution in [0.3, 0.4) is 0 Å². The molecule has 0 amide bonds. The van der Waals surface area contributed by atoms with Crippen LogP contribution < -0.4 is 10.6 Å². The zero-order valence-electron chi connectivity index (χ0n) is 18.3. The van der Waals surface area contributed by atoms with Crippen LogP contribution in [0.25, 0.3) is 10.9 Å². The van der Waals surface area contributed by atoms with Crippen molar-refractivity contribution in [2.24, 2.45) is 4.99 Å². The van der Waals surface area contributed by atoms with Crippen LogP contribution in [0.1, 0.15) is 37.3 Å². The maximum absolute atomic E-state index is 5.16. The van der Waals surface area contributed by atoms with Crippen molar-refractivity contribution < 1.29 is 4.74 Å². The van der Waals surface area contributed by atoms with Gasteiger partial charge < -0.3 is 25.3 Å². The normalized spacial score (nSPS) is 16.4. The van der Waals surface area contributed by atoms with Gasteiger partial charge in [0, 0.05) is 70.1 Å². The molecule has 1 fully saturated rings. The van der Waals surface area contributed by atoms with Crippen LogP contribution in [0, 0.1) is 0 Å². The third-order valence-corrected chi connectivity index (χ3v) is 5.93. The largest absolute Gasteiger partial charge is 0.385 e. The third-order valence-electron chi connectivity index (χ3n) is 5.93. The molecule has 1 aliphatic rings. The summed E-state index contributed by atoms with van der Waals surface area (Å²) in [6.07, 6.45) is 7.63. The van der Waals surface area contributed by atoms with E-state index in [0.717, 1.165) is 70.8 Å². The van der Waals surface area contributed by atoms with Gasteiger partial charge in [0.1, 0.15) is 0 Å². The summed E-state index contributed by atoms with van der Waals surface area (Å²) >= 11 is 0. The van der Waals surface area contributed by atoms with E-state index in [1.165, 1.54) is 22.0 Å². The summed E-state index contributed by atoms with van der Waals surface area (Å²) in [4.78, 5) is 10.4. The Labute approximate surface area is 175 Å². The van der Waals surface area contributed by atoms with Crippen molar-refractivity contribution in [1.82, 2.24) is 20.5 Å². The van der Waals surface area contributed by atoms with Crippen molar-refractivity contribution in [3.8, 4) is 0 Å². The first-order valence-electron chi connectivity index (χ1n) is 11.0. The summed E-state index contributed by atoms with van der Waals surface area (Å²) in [5.41, 5.74) is 4.03. The summed E-state index contributed by atoms with van der Waals surface area (Å²) in [5, 5.41) is 8.45. The number of guanidine groups is 1. The molecule has 0 bridgehead atoms. The van der Waals surface area contributed by atoms with Gasteiger partial charge in [-0.25, -0.2) is 0 Å². The molecule has 3 N–H and O–H groups in total. The van der Waals surface area contributed by atoms with Gasteiger partial charge in [-0.1, -0.05) is 25.1 Å². The van der Waals surface area contributed by atoms with Crippen LogP contribution in [-0.4, -0.2) is 68.8 Å². The molecule has 1 aliphatic heterocycles. The lowest BCUT2D eigenvalue weighted by Crippen LogP contribution is -2.49. The number of hydrogen-bond acceptors (Lipinski definition) is 3. The molecule has 0 saturated carbocycles. The lowest BCUT2D eigenvalue weighted by Gasteiger charge is -2.33. The average molecular weight is 400 g/mol. The number of aromatic amines is 1. The fourth-order valence-electron chi connectivity index (χ4n) is 4.21. The Morgan fingerprint density at radius 2 is 2.10 bits per heavy atom. The Bertz CT molecular complexity index is 777. The highest BCUT2D eigenvalue weighted by Crippen LogP contribution is 2.22. The number of likely N-dealkylation sites (tertiary alicyclic amines) is 1. The third kappa shape index (κ3) is 5.97. The Hall–Kier alpha value is -2.05. The van der Waals surface area contributed by atoms with Gasteiger partial charge in [0.05, 0.1) is 0 Å². The Kier molecular flexibility index (Phi) is 8.38. The lowest BCUT2D eigenvalue weighted by molar-refractivity contribution is 0.155. The Morgan fingerprint density at radius 3 is 2.83 bits per heavy atom. The second-order valence-electron chi connectivity index (χ2n) is 7.86. The molecule has 0 aliphatic carbocycles. The highest BCUT2D eigenvalue weighted by atomic mass is 16.5. The van der Waals surface area contributed by atoms with Crippen LogP contribution in [-0.2, 0) is 17.6 Å². The Morgan fingerprint density at radius 1 is 1.28 bits per heavy atom. The quantitative estimate of drug-likeness (QED) is 0.345. The van der Waals surface area contributed by atoms with Crippen LogP contribution in [0.4, 0.5) is 0 Å². The standard InChI is InChI=1S/C23H37N5O/c1-4-18-7-5-8-21-19(17-26-22(18)21)9-12-25-23(24-2)27-20-10-14-28(15-11-20)13-6-16-29-3/h5,7-8,17,20,26H,4,6,9-16H2,1-3H3,(H2,24,25,27). The van der Waals surface area contributed by atoms with Crippen LogP contribution in [0.5, 0.6) is 0 Å². The first-order chi connectivity index (χ1) is 14.2. The number of nitrogens with zero attached hydrogens (tertiary/aromatic N) is 2. The summed E-state index contributed by atoms with van der Waals surface area (Å²) in [5.74, 6) is 0.914. The van der Waals surface area contributed by atoms with Crippen molar-refractivity contribution in [1.29, 1.82) is 0 Å². The van der Waals surface area contributed by atoms with Crippen molar-refractivity contribution in [2.45, 2.75) is 45.1 Å². The van der Waals surface area contributed by atoms with E-state index in [1.54, 1.807) is 7.11 Å². The van der Waals surface area contributed by atoms with E-state index in [0.29, 0.717) is 6.04 Å². The first-order valence-corrected chi connectivity index (χ1v) is 11.0. The minimum atomic E-state index is 0.500. The molecule has 160 valence electrons. The van der Waals surface area contributed by atoms with Gasteiger partial charge in [0.15, 0.2) is 5.96 Å². The smallest absolute Gasteiger partial charge is 0.191 e. The van der Waals surface area contributed by atoms with Crippen molar-refractivity contribution in [2.75, 3.05) is 46.9 Å².